The highest BCUT2D eigenvalue weighted by molar-refractivity contribution is 5.73. The van der Waals surface area contributed by atoms with E-state index in [9.17, 15) is 4.79 Å². The van der Waals surface area contributed by atoms with Crippen molar-refractivity contribution in [2.24, 2.45) is 0 Å². The minimum Gasteiger partial charge on any atom is -0.331 e. The summed E-state index contributed by atoms with van der Waals surface area (Å²) in [5.41, 5.74) is 3.14. The Morgan fingerprint density at radius 2 is 2.11 bits per heavy atom. The first kappa shape index (κ1) is 18.6. The van der Waals surface area contributed by atoms with Crippen LogP contribution in [-0.2, 0) is 19.6 Å². The highest BCUT2D eigenvalue weighted by Crippen LogP contribution is 2.14. The zero-order valence-electron chi connectivity index (χ0n) is 16.0. The number of para-hydroxylation sites is 1. The van der Waals surface area contributed by atoms with Gasteiger partial charge in [-0.15, -0.1) is 10.2 Å². The molecule has 8 heteroatoms. The number of benzene rings is 1. The second kappa shape index (κ2) is 8.48. The van der Waals surface area contributed by atoms with Crippen molar-refractivity contribution in [3.63, 3.8) is 0 Å². The van der Waals surface area contributed by atoms with Gasteiger partial charge in [0.15, 0.2) is 5.82 Å². The van der Waals surface area contributed by atoms with Crippen LogP contribution in [0.25, 0.3) is 5.69 Å². The fourth-order valence-electron chi connectivity index (χ4n) is 2.87. The third-order valence-electron chi connectivity index (χ3n) is 4.32. The molecule has 0 saturated carbocycles. The zero-order valence-corrected chi connectivity index (χ0v) is 16.0. The SMILES string of the molecule is CCCn1cnnc1CNC(=O)N(C)Cc1cnn(-c2ccccc2C)c1. The van der Waals surface area contributed by atoms with E-state index in [0.717, 1.165) is 35.6 Å². The van der Waals surface area contributed by atoms with E-state index in [1.54, 1.807) is 24.5 Å². The molecule has 8 nitrogen and oxygen atoms in total. The number of nitrogens with zero attached hydrogens (tertiary/aromatic N) is 6. The summed E-state index contributed by atoms with van der Waals surface area (Å²) in [6, 6.07) is 7.90. The zero-order chi connectivity index (χ0) is 19.2. The average Bonchev–Trinajstić information content (AvgIpc) is 3.30. The summed E-state index contributed by atoms with van der Waals surface area (Å²) >= 11 is 0. The van der Waals surface area contributed by atoms with E-state index in [1.807, 2.05) is 46.6 Å². The second-order valence-corrected chi connectivity index (χ2v) is 6.53. The number of aromatic nitrogens is 5. The van der Waals surface area contributed by atoms with E-state index < -0.39 is 0 Å². The molecule has 0 radical (unpaired) electrons. The molecule has 0 aliphatic heterocycles. The van der Waals surface area contributed by atoms with E-state index >= 15 is 0 Å². The predicted molar refractivity (Wildman–Crippen MR) is 102 cm³/mol. The second-order valence-electron chi connectivity index (χ2n) is 6.53. The van der Waals surface area contributed by atoms with Gasteiger partial charge in [0.2, 0.25) is 0 Å². The molecule has 3 rings (SSSR count). The number of amides is 2. The summed E-state index contributed by atoms with van der Waals surface area (Å²) in [5.74, 6) is 0.756. The molecular weight excluding hydrogens is 342 g/mol. The van der Waals surface area contributed by atoms with E-state index in [4.69, 9.17) is 0 Å². The van der Waals surface area contributed by atoms with Crippen molar-refractivity contribution < 1.29 is 4.79 Å². The van der Waals surface area contributed by atoms with Crippen LogP contribution < -0.4 is 5.32 Å². The lowest BCUT2D eigenvalue weighted by Crippen LogP contribution is -2.36. The van der Waals surface area contributed by atoms with Gasteiger partial charge in [-0.3, -0.25) is 0 Å². The van der Waals surface area contributed by atoms with Crippen molar-refractivity contribution >= 4 is 6.03 Å². The number of hydrogen-bond donors (Lipinski definition) is 1. The van der Waals surface area contributed by atoms with E-state index in [1.165, 1.54) is 0 Å². The highest BCUT2D eigenvalue weighted by atomic mass is 16.2. The first-order valence-electron chi connectivity index (χ1n) is 9.03. The maximum atomic E-state index is 12.4. The van der Waals surface area contributed by atoms with Crippen molar-refractivity contribution in [2.75, 3.05) is 7.05 Å². The normalized spacial score (nSPS) is 10.8. The van der Waals surface area contributed by atoms with Crippen molar-refractivity contribution in [2.45, 2.75) is 39.9 Å². The van der Waals surface area contributed by atoms with Gasteiger partial charge in [-0.05, 0) is 25.0 Å². The Bertz CT molecular complexity index is 899. The van der Waals surface area contributed by atoms with Crippen LogP contribution in [0.4, 0.5) is 4.79 Å². The summed E-state index contributed by atoms with van der Waals surface area (Å²) in [7, 11) is 1.76. The number of nitrogens with one attached hydrogen (secondary N) is 1. The number of carbonyl (C=O) groups is 1. The monoisotopic (exact) mass is 367 g/mol. The lowest BCUT2D eigenvalue weighted by molar-refractivity contribution is 0.206. The molecule has 1 aromatic carbocycles. The molecule has 2 amide bonds. The maximum Gasteiger partial charge on any atom is 0.317 e. The summed E-state index contributed by atoms with van der Waals surface area (Å²) in [6.45, 7) is 5.80. The molecule has 27 heavy (non-hydrogen) atoms. The Morgan fingerprint density at radius 1 is 1.30 bits per heavy atom. The molecule has 1 N–H and O–H groups in total. The lowest BCUT2D eigenvalue weighted by atomic mass is 10.2. The van der Waals surface area contributed by atoms with Crippen LogP contribution in [0, 0.1) is 6.92 Å². The van der Waals surface area contributed by atoms with E-state index in [-0.39, 0.29) is 6.03 Å². The first-order chi connectivity index (χ1) is 13.1. The molecular formula is C19H25N7O. The van der Waals surface area contributed by atoms with Crippen molar-refractivity contribution in [1.29, 1.82) is 0 Å². The van der Waals surface area contributed by atoms with Gasteiger partial charge in [0.25, 0.3) is 0 Å². The van der Waals surface area contributed by atoms with Crippen LogP contribution in [0.15, 0.2) is 43.0 Å². The number of hydrogen-bond acceptors (Lipinski definition) is 4. The Hall–Kier alpha value is -3.16. The fourth-order valence-corrected chi connectivity index (χ4v) is 2.87. The van der Waals surface area contributed by atoms with E-state index in [0.29, 0.717) is 13.1 Å². The molecule has 0 aliphatic carbocycles. The summed E-state index contributed by atoms with van der Waals surface area (Å²) in [4.78, 5) is 14.0. The molecule has 3 aromatic rings. The van der Waals surface area contributed by atoms with Crippen LogP contribution in [0.5, 0.6) is 0 Å². The minimum atomic E-state index is -0.162. The van der Waals surface area contributed by atoms with Gasteiger partial charge >= 0.3 is 6.03 Å². The Morgan fingerprint density at radius 3 is 2.89 bits per heavy atom. The summed E-state index contributed by atoms with van der Waals surface area (Å²) in [6.07, 6.45) is 6.41. The van der Waals surface area contributed by atoms with Gasteiger partial charge in [-0.2, -0.15) is 5.10 Å². The molecule has 0 fully saturated rings. The molecule has 0 saturated heterocycles. The van der Waals surface area contributed by atoms with Gasteiger partial charge in [-0.1, -0.05) is 25.1 Å². The van der Waals surface area contributed by atoms with Crippen LogP contribution in [0.1, 0.15) is 30.3 Å². The minimum absolute atomic E-state index is 0.162. The Labute approximate surface area is 158 Å². The van der Waals surface area contributed by atoms with Crippen molar-refractivity contribution in [3.8, 4) is 5.69 Å². The fraction of sp³-hybridized carbons (Fsp3) is 0.368. The molecule has 2 heterocycles. The van der Waals surface area contributed by atoms with Crippen LogP contribution in [0.3, 0.4) is 0 Å². The molecule has 0 aliphatic rings. The smallest absolute Gasteiger partial charge is 0.317 e. The molecule has 0 spiro atoms. The third kappa shape index (κ3) is 4.52. The van der Waals surface area contributed by atoms with Gasteiger partial charge in [0.05, 0.1) is 25.0 Å². The van der Waals surface area contributed by atoms with Gasteiger partial charge in [-0.25, -0.2) is 9.48 Å². The maximum absolute atomic E-state index is 12.4. The average molecular weight is 367 g/mol. The molecule has 142 valence electrons. The van der Waals surface area contributed by atoms with Gasteiger partial charge < -0.3 is 14.8 Å². The largest absolute Gasteiger partial charge is 0.331 e. The molecule has 0 unspecified atom stereocenters. The number of urea groups is 1. The molecule has 2 aromatic heterocycles. The Balaban J connectivity index is 1.57. The van der Waals surface area contributed by atoms with Crippen molar-refractivity contribution in [3.05, 3.63) is 59.9 Å². The van der Waals surface area contributed by atoms with Gasteiger partial charge in [0.1, 0.15) is 6.33 Å². The van der Waals surface area contributed by atoms with E-state index in [2.05, 4.69) is 27.5 Å². The topological polar surface area (TPSA) is 80.9 Å². The molecule has 0 atom stereocenters. The first-order valence-corrected chi connectivity index (χ1v) is 9.03. The van der Waals surface area contributed by atoms with Crippen LogP contribution in [0.2, 0.25) is 0 Å². The number of rotatable bonds is 7. The third-order valence-corrected chi connectivity index (χ3v) is 4.32. The molecule has 0 bridgehead atoms. The number of aryl methyl sites for hydroxylation is 2. The summed E-state index contributed by atoms with van der Waals surface area (Å²) in [5, 5.41) is 15.3. The van der Waals surface area contributed by atoms with Crippen molar-refractivity contribution in [1.82, 2.24) is 34.8 Å². The lowest BCUT2D eigenvalue weighted by Gasteiger charge is -2.17. The standard InChI is InChI=1S/C19H25N7O/c1-4-9-25-14-21-23-18(25)11-20-19(27)24(3)12-16-10-22-26(13-16)17-8-6-5-7-15(17)2/h5-8,10,13-14H,4,9,11-12H2,1-3H3,(H,20,27). The van der Waals surface area contributed by atoms with Crippen LogP contribution >= 0.6 is 0 Å². The Kier molecular flexibility index (Phi) is 5.85. The number of carbonyl (C=O) groups excluding carboxylic acids is 1. The predicted octanol–water partition coefficient (Wildman–Crippen LogP) is 2.52. The summed E-state index contributed by atoms with van der Waals surface area (Å²) < 4.78 is 3.79. The highest BCUT2D eigenvalue weighted by Gasteiger charge is 2.12. The van der Waals surface area contributed by atoms with Crippen LogP contribution in [-0.4, -0.2) is 42.5 Å². The quantitative estimate of drug-likeness (QED) is 0.696. The van der Waals surface area contributed by atoms with Gasteiger partial charge in [0, 0.05) is 25.4 Å².